The van der Waals surface area contributed by atoms with E-state index in [0.717, 1.165) is 23.1 Å². The summed E-state index contributed by atoms with van der Waals surface area (Å²) in [6, 6.07) is 13.1. The van der Waals surface area contributed by atoms with Gasteiger partial charge in [-0.05, 0) is 41.7 Å². The fourth-order valence-electron chi connectivity index (χ4n) is 4.58. The molecule has 0 spiro atoms. The SMILES string of the molecule is CN(Cc1ccc(-c2cncnc2)cc1)C(=O)C1CCC[C@H]1C(=O)NCc1ccc(OC(F)(F)F)cc1. The van der Waals surface area contributed by atoms with Crippen molar-refractivity contribution in [1.82, 2.24) is 20.2 Å². The predicted molar refractivity (Wildman–Crippen MR) is 130 cm³/mol. The van der Waals surface area contributed by atoms with Crippen LogP contribution in [0.1, 0.15) is 30.4 Å². The number of benzene rings is 2. The Morgan fingerprint density at radius 2 is 1.57 bits per heavy atom. The topological polar surface area (TPSA) is 84.4 Å². The summed E-state index contributed by atoms with van der Waals surface area (Å²) in [6.07, 6.45) is 2.22. The molecule has 2 amide bonds. The summed E-state index contributed by atoms with van der Waals surface area (Å²) < 4.78 is 40.8. The molecule has 1 N–H and O–H groups in total. The molecule has 10 heteroatoms. The summed E-state index contributed by atoms with van der Waals surface area (Å²) in [7, 11) is 1.74. The van der Waals surface area contributed by atoms with Crippen LogP contribution in [-0.4, -0.2) is 40.1 Å². The molecule has 0 aliphatic heterocycles. The zero-order valence-electron chi connectivity index (χ0n) is 20.2. The molecule has 0 saturated heterocycles. The van der Waals surface area contributed by atoms with Gasteiger partial charge in [0.05, 0.1) is 0 Å². The second-order valence-corrected chi connectivity index (χ2v) is 9.07. The summed E-state index contributed by atoms with van der Waals surface area (Å²) in [5, 5.41) is 2.82. The maximum Gasteiger partial charge on any atom is 0.573 e. The average molecular weight is 513 g/mol. The van der Waals surface area contributed by atoms with Gasteiger partial charge in [-0.1, -0.05) is 42.8 Å². The molecule has 1 saturated carbocycles. The number of hydrogen-bond acceptors (Lipinski definition) is 5. The molecule has 1 aromatic heterocycles. The number of nitrogens with zero attached hydrogens (tertiary/aromatic N) is 3. The van der Waals surface area contributed by atoms with Crippen molar-refractivity contribution in [2.45, 2.75) is 38.7 Å². The summed E-state index contributed by atoms with van der Waals surface area (Å²) >= 11 is 0. The molecule has 0 radical (unpaired) electrons. The highest BCUT2D eigenvalue weighted by molar-refractivity contribution is 5.88. The molecule has 3 aromatic rings. The number of halogens is 3. The molecule has 2 atom stereocenters. The smallest absolute Gasteiger partial charge is 0.406 e. The Bertz CT molecular complexity index is 1200. The lowest BCUT2D eigenvalue weighted by molar-refractivity contribution is -0.274. The van der Waals surface area contributed by atoms with Gasteiger partial charge in [-0.25, -0.2) is 9.97 Å². The summed E-state index contributed by atoms with van der Waals surface area (Å²) in [4.78, 5) is 35.8. The lowest BCUT2D eigenvalue weighted by Crippen LogP contribution is -2.40. The highest BCUT2D eigenvalue weighted by Crippen LogP contribution is 2.34. The van der Waals surface area contributed by atoms with E-state index in [4.69, 9.17) is 0 Å². The highest BCUT2D eigenvalue weighted by Gasteiger charge is 2.39. The number of ether oxygens (including phenoxy) is 1. The van der Waals surface area contributed by atoms with Gasteiger partial charge in [-0.2, -0.15) is 0 Å². The fraction of sp³-hybridized carbons (Fsp3) is 0.333. The third-order valence-electron chi connectivity index (χ3n) is 6.44. The Kier molecular flexibility index (Phi) is 8.05. The minimum absolute atomic E-state index is 0.0770. The molecule has 1 heterocycles. The van der Waals surface area contributed by atoms with Crippen molar-refractivity contribution in [3.05, 3.63) is 78.4 Å². The zero-order valence-corrected chi connectivity index (χ0v) is 20.2. The summed E-state index contributed by atoms with van der Waals surface area (Å²) in [5.74, 6) is -1.48. The van der Waals surface area contributed by atoms with E-state index in [1.165, 1.54) is 30.6 Å². The van der Waals surface area contributed by atoms with Crippen molar-refractivity contribution in [2.24, 2.45) is 11.8 Å². The molecule has 37 heavy (non-hydrogen) atoms. The highest BCUT2D eigenvalue weighted by atomic mass is 19.4. The molecular weight excluding hydrogens is 485 g/mol. The van der Waals surface area contributed by atoms with E-state index in [-0.39, 0.29) is 24.1 Å². The molecule has 7 nitrogen and oxygen atoms in total. The van der Waals surface area contributed by atoms with Gasteiger partial charge in [0.15, 0.2) is 0 Å². The molecule has 1 fully saturated rings. The first-order valence-corrected chi connectivity index (χ1v) is 11.9. The van der Waals surface area contributed by atoms with Crippen LogP contribution in [0.3, 0.4) is 0 Å². The van der Waals surface area contributed by atoms with Crippen molar-refractivity contribution < 1.29 is 27.5 Å². The Morgan fingerprint density at radius 1 is 0.946 bits per heavy atom. The minimum Gasteiger partial charge on any atom is -0.406 e. The van der Waals surface area contributed by atoms with Gasteiger partial charge >= 0.3 is 6.36 Å². The molecule has 1 unspecified atom stereocenters. The third-order valence-corrected chi connectivity index (χ3v) is 6.44. The second-order valence-electron chi connectivity index (χ2n) is 9.07. The average Bonchev–Trinajstić information content (AvgIpc) is 3.38. The maximum absolute atomic E-state index is 13.2. The Balaban J connectivity index is 1.30. The molecule has 4 rings (SSSR count). The minimum atomic E-state index is -4.76. The van der Waals surface area contributed by atoms with E-state index in [1.807, 2.05) is 24.3 Å². The fourth-order valence-corrected chi connectivity index (χ4v) is 4.58. The largest absolute Gasteiger partial charge is 0.573 e. The number of aromatic nitrogens is 2. The van der Waals surface area contributed by atoms with Gasteiger partial charge in [0.1, 0.15) is 12.1 Å². The summed E-state index contributed by atoms with van der Waals surface area (Å²) in [5.41, 5.74) is 3.48. The quantitative estimate of drug-likeness (QED) is 0.472. The molecule has 194 valence electrons. The van der Waals surface area contributed by atoms with Gasteiger partial charge in [-0.15, -0.1) is 13.2 Å². The predicted octanol–water partition coefficient (Wildman–Crippen LogP) is 4.73. The third kappa shape index (κ3) is 7.05. The van der Waals surface area contributed by atoms with Crippen LogP contribution in [0.25, 0.3) is 11.1 Å². The second kappa shape index (κ2) is 11.4. The first kappa shape index (κ1) is 26.1. The van der Waals surface area contributed by atoms with Crippen LogP contribution in [0, 0.1) is 11.8 Å². The van der Waals surface area contributed by atoms with Gasteiger partial charge in [0, 0.05) is 49.9 Å². The normalized spacial score (nSPS) is 17.3. The number of carbonyl (C=O) groups is 2. The van der Waals surface area contributed by atoms with Crippen LogP contribution in [0.4, 0.5) is 13.2 Å². The van der Waals surface area contributed by atoms with Crippen LogP contribution in [0.5, 0.6) is 5.75 Å². The van der Waals surface area contributed by atoms with Gasteiger partial charge in [0.25, 0.3) is 0 Å². The number of hydrogen-bond donors (Lipinski definition) is 1. The van der Waals surface area contributed by atoms with Crippen molar-refractivity contribution in [3.63, 3.8) is 0 Å². The first-order valence-electron chi connectivity index (χ1n) is 11.9. The summed E-state index contributed by atoms with van der Waals surface area (Å²) in [6.45, 7) is 0.568. The Morgan fingerprint density at radius 3 is 2.22 bits per heavy atom. The lowest BCUT2D eigenvalue weighted by atomic mass is 9.93. The van der Waals surface area contributed by atoms with Crippen LogP contribution < -0.4 is 10.1 Å². The number of nitrogens with one attached hydrogen (secondary N) is 1. The Hall–Kier alpha value is -3.95. The zero-order chi connectivity index (χ0) is 26.4. The van der Waals surface area contributed by atoms with Crippen molar-refractivity contribution >= 4 is 11.8 Å². The van der Waals surface area contributed by atoms with E-state index in [9.17, 15) is 22.8 Å². The molecule has 2 aromatic carbocycles. The Labute approximate surface area is 212 Å². The monoisotopic (exact) mass is 512 g/mol. The van der Waals surface area contributed by atoms with E-state index < -0.39 is 18.2 Å². The van der Waals surface area contributed by atoms with Gasteiger partial charge < -0.3 is 15.0 Å². The standard InChI is InChI=1S/C27H27F3N4O3/c1-34(16-19-5-9-20(10-6-19)21-14-31-17-32-15-21)26(36)24-4-2-3-23(24)25(35)33-13-18-7-11-22(12-8-18)37-27(28,29)30/h5-12,14-15,17,23-24H,2-4,13,16H2,1H3,(H,33,35)/t23-,24?/m1/s1. The molecule has 1 aliphatic rings. The van der Waals surface area contributed by atoms with Crippen molar-refractivity contribution in [1.29, 1.82) is 0 Å². The van der Waals surface area contributed by atoms with Gasteiger partial charge in [-0.3, -0.25) is 9.59 Å². The number of rotatable bonds is 8. The van der Waals surface area contributed by atoms with E-state index in [0.29, 0.717) is 24.9 Å². The van der Waals surface area contributed by atoms with E-state index in [2.05, 4.69) is 20.0 Å². The van der Waals surface area contributed by atoms with Crippen LogP contribution in [0.15, 0.2) is 67.3 Å². The molecule has 0 bridgehead atoms. The molecule has 1 aliphatic carbocycles. The number of carbonyl (C=O) groups excluding carboxylic acids is 2. The van der Waals surface area contributed by atoms with Crippen LogP contribution in [0.2, 0.25) is 0 Å². The van der Waals surface area contributed by atoms with E-state index >= 15 is 0 Å². The van der Waals surface area contributed by atoms with Gasteiger partial charge in [0.2, 0.25) is 11.8 Å². The first-order chi connectivity index (χ1) is 17.7. The molecular formula is C27H27F3N4O3. The lowest BCUT2D eigenvalue weighted by Gasteiger charge is -2.25. The van der Waals surface area contributed by atoms with Crippen LogP contribution in [-0.2, 0) is 22.7 Å². The van der Waals surface area contributed by atoms with Crippen molar-refractivity contribution in [2.75, 3.05) is 7.05 Å². The number of amides is 2. The van der Waals surface area contributed by atoms with Crippen LogP contribution >= 0.6 is 0 Å². The number of alkyl halides is 3. The van der Waals surface area contributed by atoms with E-state index in [1.54, 1.807) is 24.3 Å². The maximum atomic E-state index is 13.2. The van der Waals surface area contributed by atoms with Crippen molar-refractivity contribution in [3.8, 4) is 16.9 Å².